The molecule has 0 radical (unpaired) electrons. The minimum atomic E-state index is -3.54. The number of aromatic nitrogens is 2. The summed E-state index contributed by atoms with van der Waals surface area (Å²) in [5, 5.41) is 4.26. The highest BCUT2D eigenvalue weighted by molar-refractivity contribution is 7.90. The molecule has 0 atom stereocenters. The van der Waals surface area contributed by atoms with Crippen molar-refractivity contribution in [3.8, 4) is 0 Å². The summed E-state index contributed by atoms with van der Waals surface area (Å²) in [6.45, 7) is 0. The third-order valence-corrected chi connectivity index (χ3v) is 4.67. The molecule has 1 amide bonds. The van der Waals surface area contributed by atoms with Crippen LogP contribution in [0, 0.1) is 0 Å². The van der Waals surface area contributed by atoms with E-state index in [0.717, 1.165) is 10.1 Å². The van der Waals surface area contributed by atoms with Crippen molar-refractivity contribution in [1.82, 2.24) is 14.5 Å². The van der Waals surface area contributed by atoms with Gasteiger partial charge in [-0.3, -0.25) is 0 Å². The molecule has 0 aliphatic heterocycles. The third-order valence-electron chi connectivity index (χ3n) is 2.86. The fourth-order valence-corrected chi connectivity index (χ4v) is 3.01. The molecule has 1 aromatic heterocycles. The van der Waals surface area contributed by atoms with Gasteiger partial charge in [0.25, 0.3) is 0 Å². The second kappa shape index (κ2) is 3.81. The Balaban J connectivity index is 1.93. The minimum absolute atomic E-state index is 0.428. The molecule has 94 valence electrons. The van der Waals surface area contributed by atoms with Crippen LogP contribution < -0.4 is 4.72 Å². The van der Waals surface area contributed by atoms with Gasteiger partial charge in [-0.15, -0.1) is 0 Å². The van der Waals surface area contributed by atoms with Crippen LogP contribution in [0.25, 0.3) is 10.9 Å². The van der Waals surface area contributed by atoms with Gasteiger partial charge in [-0.2, -0.15) is 9.78 Å². The summed E-state index contributed by atoms with van der Waals surface area (Å²) in [6.07, 6.45) is 2.75. The van der Waals surface area contributed by atoms with Crippen LogP contribution in [0.4, 0.5) is 4.79 Å². The van der Waals surface area contributed by atoms with Crippen molar-refractivity contribution in [3.63, 3.8) is 0 Å². The predicted octanol–water partition coefficient (Wildman–Crippen LogP) is 1.09. The molecule has 1 aliphatic rings. The van der Waals surface area contributed by atoms with Crippen LogP contribution in [0.15, 0.2) is 30.5 Å². The number of nitrogens with zero attached hydrogens (tertiary/aromatic N) is 2. The fraction of sp³-hybridized carbons (Fsp3) is 0.273. The summed E-state index contributed by atoms with van der Waals surface area (Å²) in [4.78, 5) is 11.9. The van der Waals surface area contributed by atoms with E-state index in [9.17, 15) is 13.2 Å². The summed E-state index contributed by atoms with van der Waals surface area (Å²) < 4.78 is 26.4. The van der Waals surface area contributed by atoms with Crippen molar-refractivity contribution in [2.45, 2.75) is 18.1 Å². The molecule has 1 aliphatic carbocycles. The lowest BCUT2D eigenvalue weighted by Gasteiger charge is -2.05. The highest BCUT2D eigenvalue weighted by Crippen LogP contribution is 2.27. The fourth-order valence-electron chi connectivity index (χ4n) is 1.76. The van der Waals surface area contributed by atoms with Crippen LogP contribution in [-0.4, -0.2) is 29.5 Å². The van der Waals surface area contributed by atoms with Crippen molar-refractivity contribution in [2.75, 3.05) is 0 Å². The number of carbonyl (C=O) groups is 1. The summed E-state index contributed by atoms with van der Waals surface area (Å²) >= 11 is 0. The molecule has 1 fully saturated rings. The topological polar surface area (TPSA) is 81.1 Å². The Morgan fingerprint density at radius 3 is 2.78 bits per heavy atom. The number of amides is 1. The highest BCUT2D eigenvalue weighted by Gasteiger charge is 2.37. The predicted molar refractivity (Wildman–Crippen MR) is 65.6 cm³/mol. The third kappa shape index (κ3) is 1.86. The standard InChI is InChI=1S/C11H11N3O3S/c15-11(13-18(16,17)9-5-6-9)14-10-4-2-1-3-8(10)7-12-14/h1-4,7,9H,5-6H2,(H,13,15). The van der Waals surface area contributed by atoms with Gasteiger partial charge in [0, 0.05) is 5.39 Å². The van der Waals surface area contributed by atoms with Crippen LogP contribution in [0.3, 0.4) is 0 Å². The molecule has 3 rings (SSSR count). The number of nitrogens with one attached hydrogen (secondary N) is 1. The maximum atomic E-state index is 11.9. The van der Waals surface area contributed by atoms with E-state index in [1.165, 1.54) is 6.20 Å². The van der Waals surface area contributed by atoms with Crippen LogP contribution in [0.1, 0.15) is 12.8 Å². The molecule has 0 saturated heterocycles. The maximum Gasteiger partial charge on any atom is 0.356 e. The van der Waals surface area contributed by atoms with Crippen LogP contribution in [0.2, 0.25) is 0 Å². The first-order valence-corrected chi connectivity index (χ1v) is 7.11. The Morgan fingerprint density at radius 1 is 1.33 bits per heavy atom. The smallest absolute Gasteiger partial charge is 0.245 e. The van der Waals surface area contributed by atoms with E-state index in [0.29, 0.717) is 18.4 Å². The average Bonchev–Trinajstić information content (AvgIpc) is 3.09. The minimum Gasteiger partial charge on any atom is -0.245 e. The number of carbonyl (C=O) groups excluding carboxylic acids is 1. The van der Waals surface area contributed by atoms with Crippen LogP contribution in [0.5, 0.6) is 0 Å². The van der Waals surface area contributed by atoms with E-state index >= 15 is 0 Å². The Bertz CT molecular complexity index is 716. The lowest BCUT2D eigenvalue weighted by molar-refractivity contribution is 0.245. The second-order valence-corrected chi connectivity index (χ2v) is 6.23. The Labute approximate surface area is 104 Å². The zero-order valence-corrected chi connectivity index (χ0v) is 10.2. The Kier molecular flexibility index (Phi) is 2.37. The van der Waals surface area contributed by atoms with Gasteiger partial charge in [0.2, 0.25) is 10.0 Å². The number of hydrogen-bond acceptors (Lipinski definition) is 4. The van der Waals surface area contributed by atoms with Gasteiger partial charge in [-0.25, -0.2) is 17.9 Å². The normalized spacial score (nSPS) is 15.8. The number of rotatable bonds is 2. The van der Waals surface area contributed by atoms with E-state index < -0.39 is 21.3 Å². The molecule has 0 spiro atoms. The largest absolute Gasteiger partial charge is 0.356 e. The van der Waals surface area contributed by atoms with E-state index in [1.807, 2.05) is 16.9 Å². The zero-order chi connectivity index (χ0) is 12.8. The SMILES string of the molecule is O=C(NS(=O)(=O)C1CC1)n1ncc2ccccc21. The lowest BCUT2D eigenvalue weighted by atomic mass is 10.3. The van der Waals surface area contributed by atoms with E-state index in [-0.39, 0.29) is 0 Å². The van der Waals surface area contributed by atoms with Gasteiger partial charge in [-0.1, -0.05) is 18.2 Å². The van der Waals surface area contributed by atoms with Crippen molar-refractivity contribution in [1.29, 1.82) is 0 Å². The summed E-state index contributed by atoms with van der Waals surface area (Å²) in [5.74, 6) is 0. The van der Waals surface area contributed by atoms with Gasteiger partial charge in [0.05, 0.1) is 17.0 Å². The second-order valence-electron chi connectivity index (χ2n) is 4.27. The number of fused-ring (bicyclic) bond motifs is 1. The highest BCUT2D eigenvalue weighted by atomic mass is 32.2. The monoisotopic (exact) mass is 265 g/mol. The van der Waals surface area contributed by atoms with Crippen molar-refractivity contribution >= 4 is 27.0 Å². The molecular formula is C11H11N3O3S. The molecular weight excluding hydrogens is 254 g/mol. The van der Waals surface area contributed by atoms with Gasteiger partial charge in [-0.05, 0) is 18.9 Å². The van der Waals surface area contributed by atoms with Gasteiger partial charge in [0.15, 0.2) is 0 Å². The molecule has 6 nitrogen and oxygen atoms in total. The molecule has 18 heavy (non-hydrogen) atoms. The Morgan fingerprint density at radius 2 is 2.06 bits per heavy atom. The van der Waals surface area contributed by atoms with E-state index in [4.69, 9.17) is 0 Å². The van der Waals surface area contributed by atoms with Crippen molar-refractivity contribution in [3.05, 3.63) is 30.5 Å². The first-order chi connectivity index (χ1) is 8.58. The number of sulfonamides is 1. The van der Waals surface area contributed by atoms with Crippen LogP contribution in [-0.2, 0) is 10.0 Å². The molecule has 0 bridgehead atoms. The molecule has 2 aromatic rings. The average molecular weight is 265 g/mol. The van der Waals surface area contributed by atoms with Crippen LogP contribution >= 0.6 is 0 Å². The van der Waals surface area contributed by atoms with Crippen molar-refractivity contribution < 1.29 is 13.2 Å². The summed E-state index contributed by atoms with van der Waals surface area (Å²) in [5.41, 5.74) is 0.584. The molecule has 1 aromatic carbocycles. The summed E-state index contributed by atoms with van der Waals surface area (Å²) in [7, 11) is -3.54. The molecule has 1 heterocycles. The molecule has 1 N–H and O–H groups in total. The lowest BCUT2D eigenvalue weighted by Crippen LogP contribution is -2.36. The molecule has 0 unspecified atom stereocenters. The van der Waals surface area contributed by atoms with E-state index in [2.05, 4.69) is 5.10 Å². The number of hydrogen-bond donors (Lipinski definition) is 1. The zero-order valence-electron chi connectivity index (χ0n) is 9.41. The van der Waals surface area contributed by atoms with Gasteiger partial charge < -0.3 is 0 Å². The maximum absolute atomic E-state index is 11.9. The first kappa shape index (κ1) is 11.2. The quantitative estimate of drug-likeness (QED) is 0.881. The Hall–Kier alpha value is -1.89. The molecule has 1 saturated carbocycles. The number of para-hydroxylation sites is 1. The molecule has 7 heteroatoms. The van der Waals surface area contributed by atoms with Gasteiger partial charge >= 0.3 is 6.03 Å². The van der Waals surface area contributed by atoms with Crippen molar-refractivity contribution in [2.24, 2.45) is 0 Å². The first-order valence-electron chi connectivity index (χ1n) is 5.57. The van der Waals surface area contributed by atoms with E-state index in [1.54, 1.807) is 12.1 Å². The summed E-state index contributed by atoms with van der Waals surface area (Å²) in [6, 6.07) is 6.38. The number of benzene rings is 1. The van der Waals surface area contributed by atoms with Gasteiger partial charge in [0.1, 0.15) is 0 Å².